The molecule has 36 heavy (non-hydrogen) atoms. The standard InChI is InChI=1S/2C16H16O2/c17-16(13-15-9-5-2-6-10-15)18-12-11-14-7-3-1-4-8-14;1-2-15(13-9-5-3-6-10-13)16(17)18-14-11-7-4-8-12-14/h1-10H,11-13H2;3-12,15H,2H2,1H3. The van der Waals surface area contributed by atoms with Gasteiger partial charge in [0.15, 0.2) is 0 Å². The first kappa shape index (κ1) is 26.4. The molecule has 4 nitrogen and oxygen atoms in total. The first-order valence-corrected chi connectivity index (χ1v) is 12.2. The molecule has 0 aliphatic rings. The summed E-state index contributed by atoms with van der Waals surface area (Å²) in [6, 6.07) is 38.6. The first-order valence-electron chi connectivity index (χ1n) is 12.2. The lowest BCUT2D eigenvalue weighted by Crippen LogP contribution is -2.18. The van der Waals surface area contributed by atoms with Gasteiger partial charge in [-0.2, -0.15) is 0 Å². The average molecular weight is 481 g/mol. The minimum absolute atomic E-state index is 0.169. The monoisotopic (exact) mass is 480 g/mol. The Labute approximate surface area is 213 Å². The van der Waals surface area contributed by atoms with Crippen LogP contribution < -0.4 is 4.74 Å². The fourth-order valence-electron chi connectivity index (χ4n) is 3.64. The summed E-state index contributed by atoms with van der Waals surface area (Å²) in [7, 11) is 0. The van der Waals surface area contributed by atoms with Gasteiger partial charge in [0.25, 0.3) is 0 Å². The molecule has 0 bridgehead atoms. The summed E-state index contributed by atoms with van der Waals surface area (Å²) in [6.45, 7) is 2.43. The minimum atomic E-state index is -0.202. The number of ether oxygens (including phenoxy) is 2. The van der Waals surface area contributed by atoms with Gasteiger partial charge in [-0.3, -0.25) is 9.59 Å². The smallest absolute Gasteiger partial charge is 0.318 e. The molecule has 4 rings (SSSR count). The van der Waals surface area contributed by atoms with Gasteiger partial charge < -0.3 is 9.47 Å². The van der Waals surface area contributed by atoms with E-state index in [1.165, 1.54) is 5.56 Å². The van der Waals surface area contributed by atoms with Gasteiger partial charge in [0.2, 0.25) is 0 Å². The molecule has 184 valence electrons. The topological polar surface area (TPSA) is 52.6 Å². The van der Waals surface area contributed by atoms with Crippen molar-refractivity contribution in [3.63, 3.8) is 0 Å². The molecule has 1 atom stereocenters. The van der Waals surface area contributed by atoms with E-state index in [1.54, 1.807) is 12.1 Å². The third-order valence-corrected chi connectivity index (χ3v) is 5.54. The molecular formula is C32H32O4. The summed E-state index contributed by atoms with van der Waals surface area (Å²) in [4.78, 5) is 23.7. The molecule has 0 saturated carbocycles. The van der Waals surface area contributed by atoms with Crippen molar-refractivity contribution in [3.8, 4) is 5.75 Å². The highest BCUT2D eigenvalue weighted by molar-refractivity contribution is 5.80. The summed E-state index contributed by atoms with van der Waals surface area (Å²) >= 11 is 0. The zero-order chi connectivity index (χ0) is 25.4. The molecule has 4 heteroatoms. The Balaban J connectivity index is 0.000000201. The molecule has 4 aromatic rings. The van der Waals surface area contributed by atoms with E-state index in [0.29, 0.717) is 18.8 Å². The second kappa shape index (κ2) is 14.9. The van der Waals surface area contributed by atoms with Crippen LogP contribution in [0.3, 0.4) is 0 Å². The zero-order valence-corrected chi connectivity index (χ0v) is 20.6. The van der Waals surface area contributed by atoms with Gasteiger partial charge in [-0.1, -0.05) is 116 Å². The van der Waals surface area contributed by atoms with Crippen molar-refractivity contribution < 1.29 is 19.1 Å². The third-order valence-electron chi connectivity index (χ3n) is 5.54. The Hall–Kier alpha value is -4.18. The van der Waals surface area contributed by atoms with Crippen LogP contribution in [-0.2, 0) is 27.2 Å². The van der Waals surface area contributed by atoms with E-state index < -0.39 is 0 Å². The summed E-state index contributed by atoms with van der Waals surface area (Å²) in [5, 5.41) is 0. The van der Waals surface area contributed by atoms with Crippen LogP contribution in [0.4, 0.5) is 0 Å². The molecule has 0 saturated heterocycles. The normalized spacial score (nSPS) is 10.9. The van der Waals surface area contributed by atoms with Crippen molar-refractivity contribution in [2.75, 3.05) is 6.61 Å². The predicted molar refractivity (Wildman–Crippen MR) is 143 cm³/mol. The lowest BCUT2D eigenvalue weighted by atomic mass is 9.97. The largest absolute Gasteiger partial charge is 0.465 e. The predicted octanol–water partition coefficient (Wildman–Crippen LogP) is 6.80. The third kappa shape index (κ3) is 9.22. The highest BCUT2D eigenvalue weighted by Crippen LogP contribution is 2.22. The van der Waals surface area contributed by atoms with Crippen LogP contribution in [0.25, 0.3) is 0 Å². The van der Waals surface area contributed by atoms with Crippen molar-refractivity contribution >= 4 is 11.9 Å². The van der Waals surface area contributed by atoms with Gasteiger partial charge in [0.05, 0.1) is 18.9 Å². The quantitative estimate of drug-likeness (QED) is 0.195. The maximum atomic E-state index is 12.1. The Bertz CT molecular complexity index is 1160. The lowest BCUT2D eigenvalue weighted by Gasteiger charge is -2.14. The van der Waals surface area contributed by atoms with Crippen LogP contribution >= 0.6 is 0 Å². The molecule has 0 aliphatic heterocycles. The van der Waals surface area contributed by atoms with Gasteiger partial charge in [-0.05, 0) is 35.2 Å². The molecule has 1 unspecified atom stereocenters. The van der Waals surface area contributed by atoms with E-state index in [0.717, 1.165) is 24.0 Å². The van der Waals surface area contributed by atoms with Crippen molar-refractivity contribution in [3.05, 3.63) is 138 Å². The SMILES string of the molecule is CCC(C(=O)Oc1ccccc1)c1ccccc1.O=C(Cc1ccccc1)OCCc1ccccc1. The molecule has 0 N–H and O–H groups in total. The number of para-hydroxylation sites is 1. The van der Waals surface area contributed by atoms with E-state index in [-0.39, 0.29) is 17.9 Å². The summed E-state index contributed by atoms with van der Waals surface area (Å²) < 4.78 is 10.6. The summed E-state index contributed by atoms with van der Waals surface area (Å²) in [5.74, 6) is 0.0234. The molecule has 0 radical (unpaired) electrons. The van der Waals surface area contributed by atoms with E-state index in [2.05, 4.69) is 0 Å². The van der Waals surface area contributed by atoms with Crippen LogP contribution in [0.15, 0.2) is 121 Å². The summed E-state index contributed by atoms with van der Waals surface area (Å²) in [5.41, 5.74) is 3.17. The number of esters is 2. The van der Waals surface area contributed by atoms with Crippen molar-refractivity contribution in [2.45, 2.75) is 32.1 Å². The maximum absolute atomic E-state index is 12.1. The number of carbonyl (C=O) groups excluding carboxylic acids is 2. The minimum Gasteiger partial charge on any atom is -0.465 e. The summed E-state index contributed by atoms with van der Waals surface area (Å²) in [6.07, 6.45) is 1.84. The maximum Gasteiger partial charge on any atom is 0.318 e. The van der Waals surface area contributed by atoms with E-state index >= 15 is 0 Å². The van der Waals surface area contributed by atoms with E-state index in [9.17, 15) is 9.59 Å². The van der Waals surface area contributed by atoms with Gasteiger partial charge in [0, 0.05) is 6.42 Å². The highest BCUT2D eigenvalue weighted by Gasteiger charge is 2.20. The fraction of sp³-hybridized carbons (Fsp3) is 0.188. The number of carbonyl (C=O) groups is 2. The second-order valence-corrected chi connectivity index (χ2v) is 8.22. The lowest BCUT2D eigenvalue weighted by molar-refractivity contribution is -0.142. The molecular weight excluding hydrogens is 448 g/mol. The first-order chi connectivity index (χ1) is 17.7. The zero-order valence-electron chi connectivity index (χ0n) is 20.6. The van der Waals surface area contributed by atoms with Crippen molar-refractivity contribution in [1.82, 2.24) is 0 Å². The van der Waals surface area contributed by atoms with Gasteiger partial charge in [0.1, 0.15) is 5.75 Å². The highest BCUT2D eigenvalue weighted by atomic mass is 16.5. The molecule has 0 aliphatic carbocycles. The number of hydrogen-bond acceptors (Lipinski definition) is 4. The second-order valence-electron chi connectivity index (χ2n) is 8.22. The van der Waals surface area contributed by atoms with E-state index in [1.807, 2.05) is 116 Å². The number of rotatable bonds is 9. The van der Waals surface area contributed by atoms with Crippen LogP contribution in [0.1, 0.15) is 36.0 Å². The Morgan fingerprint density at radius 1 is 0.667 bits per heavy atom. The molecule has 0 heterocycles. The van der Waals surface area contributed by atoms with Crippen LogP contribution in [0.2, 0.25) is 0 Å². The van der Waals surface area contributed by atoms with Crippen LogP contribution in [-0.4, -0.2) is 18.5 Å². The van der Waals surface area contributed by atoms with E-state index in [4.69, 9.17) is 9.47 Å². The van der Waals surface area contributed by atoms with Crippen molar-refractivity contribution in [1.29, 1.82) is 0 Å². The van der Waals surface area contributed by atoms with Crippen LogP contribution in [0, 0.1) is 0 Å². The Morgan fingerprint density at radius 2 is 1.17 bits per heavy atom. The fourth-order valence-corrected chi connectivity index (χ4v) is 3.64. The number of benzene rings is 4. The average Bonchev–Trinajstić information content (AvgIpc) is 2.92. The number of hydrogen-bond donors (Lipinski definition) is 0. The molecule has 0 amide bonds. The molecule has 0 fully saturated rings. The van der Waals surface area contributed by atoms with Crippen molar-refractivity contribution in [2.24, 2.45) is 0 Å². The molecule has 0 aromatic heterocycles. The van der Waals surface area contributed by atoms with Crippen LogP contribution in [0.5, 0.6) is 5.75 Å². The van der Waals surface area contributed by atoms with Gasteiger partial charge >= 0.3 is 11.9 Å². The Morgan fingerprint density at radius 3 is 1.72 bits per heavy atom. The molecule has 4 aromatic carbocycles. The van der Waals surface area contributed by atoms with Gasteiger partial charge in [-0.15, -0.1) is 0 Å². The molecule has 0 spiro atoms. The van der Waals surface area contributed by atoms with Gasteiger partial charge in [-0.25, -0.2) is 0 Å². The Kier molecular flexibility index (Phi) is 11.0.